The number of nitrogens with one attached hydrogen (secondary N) is 1. The van der Waals surface area contributed by atoms with E-state index in [2.05, 4.69) is 10.4 Å². The fourth-order valence-corrected chi connectivity index (χ4v) is 3.07. The predicted octanol–water partition coefficient (Wildman–Crippen LogP) is 3.40. The van der Waals surface area contributed by atoms with Gasteiger partial charge in [0.2, 0.25) is 0 Å². The number of carbonyl (C=O) groups is 1. The highest BCUT2D eigenvalue weighted by molar-refractivity contribution is 5.94. The van der Waals surface area contributed by atoms with Crippen LogP contribution in [0.5, 0.6) is 5.75 Å². The molecule has 2 aromatic carbocycles. The summed E-state index contributed by atoms with van der Waals surface area (Å²) in [6, 6.07) is 14.6. The molecule has 0 atom stereocenters. The Bertz CT molecular complexity index is 1020. The average molecular weight is 394 g/mol. The van der Waals surface area contributed by atoms with Crippen LogP contribution in [0.4, 0.5) is 5.69 Å². The number of ether oxygens (including phenoxy) is 1. The Labute approximate surface area is 168 Å². The highest BCUT2D eigenvalue weighted by Gasteiger charge is 2.21. The lowest BCUT2D eigenvalue weighted by molar-refractivity contribution is -0.386. The van der Waals surface area contributed by atoms with Crippen molar-refractivity contribution in [2.24, 2.45) is 0 Å². The van der Waals surface area contributed by atoms with Crippen molar-refractivity contribution >= 4 is 11.6 Å². The lowest BCUT2D eigenvalue weighted by atomic mass is 10.1. The molecule has 1 heterocycles. The lowest BCUT2D eigenvalue weighted by Gasteiger charge is -2.08. The number of nitrogens with zero attached hydrogens (tertiary/aromatic N) is 3. The largest absolute Gasteiger partial charge is 0.497 e. The average Bonchev–Trinajstić information content (AvgIpc) is 3.00. The minimum absolute atomic E-state index is 0.0412. The zero-order valence-corrected chi connectivity index (χ0v) is 16.5. The number of nitro groups is 1. The van der Waals surface area contributed by atoms with Gasteiger partial charge < -0.3 is 10.1 Å². The van der Waals surface area contributed by atoms with Gasteiger partial charge in [0.1, 0.15) is 17.1 Å². The summed E-state index contributed by atoms with van der Waals surface area (Å²) in [5.41, 5.74) is 3.36. The van der Waals surface area contributed by atoms with Crippen LogP contribution >= 0.6 is 0 Å². The molecule has 150 valence electrons. The van der Waals surface area contributed by atoms with Crippen LogP contribution in [0.3, 0.4) is 0 Å². The molecule has 0 aliphatic rings. The van der Waals surface area contributed by atoms with Crippen molar-refractivity contribution in [3.05, 3.63) is 86.7 Å². The van der Waals surface area contributed by atoms with Gasteiger partial charge in [-0.25, -0.2) is 0 Å². The molecule has 0 spiro atoms. The number of rotatable bonds is 7. The summed E-state index contributed by atoms with van der Waals surface area (Å²) >= 11 is 0. The normalized spacial score (nSPS) is 10.6. The first-order valence-electron chi connectivity index (χ1n) is 9.07. The van der Waals surface area contributed by atoms with Gasteiger partial charge in [-0.05, 0) is 49.2 Å². The number of aryl methyl sites for hydroxylation is 1. The van der Waals surface area contributed by atoms with Crippen molar-refractivity contribution in [3.63, 3.8) is 0 Å². The van der Waals surface area contributed by atoms with Crippen LogP contribution in [0.2, 0.25) is 0 Å². The van der Waals surface area contributed by atoms with Gasteiger partial charge >= 0.3 is 5.69 Å². The first kappa shape index (κ1) is 20.1. The number of methoxy groups -OCH3 is 1. The molecule has 1 N–H and O–H groups in total. The van der Waals surface area contributed by atoms with E-state index in [4.69, 9.17) is 4.74 Å². The highest BCUT2D eigenvalue weighted by atomic mass is 16.6. The molecule has 0 saturated carbocycles. The van der Waals surface area contributed by atoms with Crippen LogP contribution in [-0.2, 0) is 13.1 Å². The van der Waals surface area contributed by atoms with E-state index in [-0.39, 0.29) is 11.6 Å². The molecule has 8 heteroatoms. The van der Waals surface area contributed by atoms with E-state index in [1.165, 1.54) is 0 Å². The minimum Gasteiger partial charge on any atom is -0.497 e. The maximum Gasteiger partial charge on any atom is 0.312 e. The van der Waals surface area contributed by atoms with E-state index in [0.717, 1.165) is 16.9 Å². The summed E-state index contributed by atoms with van der Waals surface area (Å²) in [6.07, 6.45) is 0. The first-order valence-corrected chi connectivity index (χ1v) is 9.07. The Morgan fingerprint density at radius 1 is 1.10 bits per heavy atom. The molecule has 1 amide bonds. The van der Waals surface area contributed by atoms with Crippen LogP contribution in [-0.4, -0.2) is 27.7 Å². The molecular formula is C21H22N4O4. The van der Waals surface area contributed by atoms with Crippen LogP contribution in [0.25, 0.3) is 0 Å². The number of benzene rings is 2. The molecule has 3 aromatic rings. The Kier molecular flexibility index (Phi) is 5.92. The van der Waals surface area contributed by atoms with E-state index in [1.807, 2.05) is 36.4 Å². The van der Waals surface area contributed by atoms with Crippen molar-refractivity contribution in [3.8, 4) is 5.75 Å². The monoisotopic (exact) mass is 394 g/mol. The van der Waals surface area contributed by atoms with Gasteiger partial charge in [-0.1, -0.05) is 24.3 Å². The van der Waals surface area contributed by atoms with Gasteiger partial charge in [0.25, 0.3) is 5.91 Å². The van der Waals surface area contributed by atoms with Crippen LogP contribution < -0.4 is 10.1 Å². The Hall–Kier alpha value is -3.68. The third kappa shape index (κ3) is 4.60. The van der Waals surface area contributed by atoms with Crippen molar-refractivity contribution in [1.29, 1.82) is 0 Å². The van der Waals surface area contributed by atoms with E-state index in [0.29, 0.717) is 30.0 Å². The number of amides is 1. The van der Waals surface area contributed by atoms with Crippen molar-refractivity contribution in [2.45, 2.75) is 26.9 Å². The topological polar surface area (TPSA) is 99.3 Å². The fraction of sp³-hybridized carbons (Fsp3) is 0.238. The summed E-state index contributed by atoms with van der Waals surface area (Å²) in [5.74, 6) is 0.595. The zero-order chi connectivity index (χ0) is 21.0. The van der Waals surface area contributed by atoms with E-state index in [9.17, 15) is 14.9 Å². The van der Waals surface area contributed by atoms with Crippen LogP contribution in [0.15, 0.2) is 48.5 Å². The summed E-state index contributed by atoms with van der Waals surface area (Å²) in [7, 11) is 1.61. The summed E-state index contributed by atoms with van der Waals surface area (Å²) < 4.78 is 6.72. The molecule has 0 radical (unpaired) electrons. The molecule has 0 fully saturated rings. The van der Waals surface area contributed by atoms with Crippen molar-refractivity contribution < 1.29 is 14.5 Å². The van der Waals surface area contributed by atoms with Gasteiger partial charge in [-0.15, -0.1) is 0 Å². The van der Waals surface area contributed by atoms with Gasteiger partial charge in [0, 0.05) is 12.1 Å². The predicted molar refractivity (Wildman–Crippen MR) is 108 cm³/mol. The molecular weight excluding hydrogens is 372 g/mol. The Morgan fingerprint density at radius 3 is 2.28 bits per heavy atom. The van der Waals surface area contributed by atoms with Gasteiger partial charge in [0.05, 0.1) is 18.6 Å². The van der Waals surface area contributed by atoms with E-state index in [1.54, 1.807) is 37.8 Å². The van der Waals surface area contributed by atoms with E-state index < -0.39 is 4.92 Å². The van der Waals surface area contributed by atoms with Crippen molar-refractivity contribution in [1.82, 2.24) is 15.1 Å². The van der Waals surface area contributed by atoms with Gasteiger partial charge in [-0.3, -0.25) is 19.6 Å². The molecule has 8 nitrogen and oxygen atoms in total. The second-order valence-electron chi connectivity index (χ2n) is 6.66. The third-order valence-corrected chi connectivity index (χ3v) is 4.69. The highest BCUT2D eigenvalue weighted by Crippen LogP contribution is 2.22. The SMILES string of the molecule is COc1ccc(CNC(=O)c2ccc(Cn3nc(C)c([N+](=O)[O-])c3C)cc2)cc1. The first-order chi connectivity index (χ1) is 13.9. The van der Waals surface area contributed by atoms with Crippen molar-refractivity contribution in [2.75, 3.05) is 7.11 Å². The number of aromatic nitrogens is 2. The quantitative estimate of drug-likeness (QED) is 0.489. The molecule has 29 heavy (non-hydrogen) atoms. The Morgan fingerprint density at radius 2 is 1.72 bits per heavy atom. The van der Waals surface area contributed by atoms with Crippen LogP contribution in [0, 0.1) is 24.0 Å². The molecule has 0 aliphatic heterocycles. The number of hydrogen-bond donors (Lipinski definition) is 1. The maximum absolute atomic E-state index is 12.4. The molecule has 1 aromatic heterocycles. The van der Waals surface area contributed by atoms with Gasteiger partial charge in [0.15, 0.2) is 0 Å². The number of carbonyl (C=O) groups excluding carboxylic acids is 1. The minimum atomic E-state index is -0.412. The molecule has 0 unspecified atom stereocenters. The number of hydrogen-bond acceptors (Lipinski definition) is 5. The summed E-state index contributed by atoms with van der Waals surface area (Å²) in [5, 5.41) is 18.3. The summed E-state index contributed by atoms with van der Waals surface area (Å²) in [4.78, 5) is 23.1. The zero-order valence-electron chi connectivity index (χ0n) is 16.5. The second kappa shape index (κ2) is 8.55. The standard InChI is InChI=1S/C21H22N4O4/c1-14-20(25(27)28)15(2)24(23-14)13-17-4-8-18(9-5-17)21(26)22-12-16-6-10-19(29-3)11-7-16/h4-11H,12-13H2,1-3H3,(H,22,26). The molecule has 0 saturated heterocycles. The molecule has 0 aliphatic carbocycles. The lowest BCUT2D eigenvalue weighted by Crippen LogP contribution is -2.22. The maximum atomic E-state index is 12.4. The second-order valence-corrected chi connectivity index (χ2v) is 6.66. The van der Waals surface area contributed by atoms with E-state index >= 15 is 0 Å². The van der Waals surface area contributed by atoms with Gasteiger partial charge in [-0.2, -0.15) is 5.10 Å². The molecule has 0 bridgehead atoms. The summed E-state index contributed by atoms with van der Waals surface area (Å²) in [6.45, 7) is 4.12. The van der Waals surface area contributed by atoms with Crippen LogP contribution in [0.1, 0.15) is 32.9 Å². The third-order valence-electron chi connectivity index (χ3n) is 4.69. The fourth-order valence-electron chi connectivity index (χ4n) is 3.07. The Balaban J connectivity index is 1.63. The smallest absolute Gasteiger partial charge is 0.312 e. The molecule has 3 rings (SSSR count).